The van der Waals surface area contributed by atoms with E-state index in [1.54, 1.807) is 5.57 Å². The largest absolute Gasteiger partial charge is 0.492 e. The standard InChI is InChI=1S/C10H15NO/c1-7(8-2-3-8)10-5-4-9(11)6-12-10/h5,9H,2-4,6,11H2,1H3. The van der Waals surface area contributed by atoms with Gasteiger partial charge in [0.25, 0.3) is 0 Å². The number of nitrogens with two attached hydrogens (primary N) is 1. The van der Waals surface area contributed by atoms with Crippen molar-refractivity contribution in [3.63, 3.8) is 0 Å². The van der Waals surface area contributed by atoms with E-state index in [1.165, 1.54) is 18.4 Å². The molecule has 66 valence electrons. The van der Waals surface area contributed by atoms with Crippen LogP contribution in [0.15, 0.2) is 23.0 Å². The number of rotatable bonds is 1. The van der Waals surface area contributed by atoms with E-state index < -0.39 is 0 Å². The Morgan fingerprint density at radius 2 is 2.33 bits per heavy atom. The molecule has 2 nitrogen and oxygen atoms in total. The molecule has 0 aromatic rings. The Bertz CT molecular complexity index is 247. The van der Waals surface area contributed by atoms with Gasteiger partial charge in [0.15, 0.2) is 0 Å². The van der Waals surface area contributed by atoms with Crippen LogP contribution in [0, 0.1) is 0 Å². The summed E-state index contributed by atoms with van der Waals surface area (Å²) in [4.78, 5) is 0. The third-order valence-electron chi connectivity index (χ3n) is 2.46. The molecule has 1 saturated carbocycles. The van der Waals surface area contributed by atoms with E-state index in [0.717, 1.165) is 12.2 Å². The molecule has 0 saturated heterocycles. The van der Waals surface area contributed by atoms with Crippen molar-refractivity contribution in [1.82, 2.24) is 0 Å². The van der Waals surface area contributed by atoms with Crippen molar-refractivity contribution < 1.29 is 4.74 Å². The second kappa shape index (κ2) is 2.94. The van der Waals surface area contributed by atoms with Crippen molar-refractivity contribution in [2.45, 2.75) is 32.2 Å². The minimum Gasteiger partial charge on any atom is -0.492 e. The number of hydrogen-bond donors (Lipinski definition) is 1. The highest BCUT2D eigenvalue weighted by Gasteiger charge is 2.20. The topological polar surface area (TPSA) is 35.2 Å². The molecule has 0 aromatic heterocycles. The summed E-state index contributed by atoms with van der Waals surface area (Å²) in [5.74, 6) is 1.07. The summed E-state index contributed by atoms with van der Waals surface area (Å²) in [5.41, 5.74) is 8.60. The lowest BCUT2D eigenvalue weighted by atomic mass is 10.1. The van der Waals surface area contributed by atoms with Crippen LogP contribution >= 0.6 is 0 Å². The third kappa shape index (κ3) is 1.53. The van der Waals surface area contributed by atoms with E-state index in [2.05, 4.69) is 13.0 Å². The summed E-state index contributed by atoms with van der Waals surface area (Å²) in [6.45, 7) is 2.82. The molecule has 1 aliphatic heterocycles. The fourth-order valence-electron chi connectivity index (χ4n) is 1.46. The van der Waals surface area contributed by atoms with Crippen LogP contribution in [0.3, 0.4) is 0 Å². The van der Waals surface area contributed by atoms with E-state index in [-0.39, 0.29) is 6.04 Å². The molecule has 2 rings (SSSR count). The van der Waals surface area contributed by atoms with Crippen LogP contribution < -0.4 is 5.73 Å². The Morgan fingerprint density at radius 3 is 2.83 bits per heavy atom. The zero-order chi connectivity index (χ0) is 8.55. The summed E-state index contributed by atoms with van der Waals surface area (Å²) in [5, 5.41) is 0. The van der Waals surface area contributed by atoms with Crippen LogP contribution in [-0.2, 0) is 4.74 Å². The number of hydrogen-bond acceptors (Lipinski definition) is 2. The van der Waals surface area contributed by atoms with E-state index in [9.17, 15) is 0 Å². The van der Waals surface area contributed by atoms with Gasteiger partial charge in [0.2, 0.25) is 0 Å². The smallest absolute Gasteiger partial charge is 0.118 e. The molecule has 1 unspecified atom stereocenters. The highest BCUT2D eigenvalue weighted by molar-refractivity contribution is 5.36. The van der Waals surface area contributed by atoms with Gasteiger partial charge in [-0.15, -0.1) is 0 Å². The minimum atomic E-state index is 0.200. The van der Waals surface area contributed by atoms with Gasteiger partial charge >= 0.3 is 0 Å². The lowest BCUT2D eigenvalue weighted by Crippen LogP contribution is -2.28. The molecule has 2 aliphatic rings. The first-order chi connectivity index (χ1) is 5.77. The van der Waals surface area contributed by atoms with Crippen LogP contribution in [0.5, 0.6) is 0 Å². The minimum absolute atomic E-state index is 0.200. The van der Waals surface area contributed by atoms with E-state index in [1.807, 2.05) is 0 Å². The molecule has 1 atom stereocenters. The van der Waals surface area contributed by atoms with Gasteiger partial charge in [-0.1, -0.05) is 5.57 Å². The van der Waals surface area contributed by atoms with Crippen molar-refractivity contribution >= 4 is 0 Å². The zero-order valence-electron chi connectivity index (χ0n) is 7.47. The molecule has 0 amide bonds. The zero-order valence-corrected chi connectivity index (χ0v) is 7.47. The lowest BCUT2D eigenvalue weighted by molar-refractivity contribution is 0.184. The Balaban J connectivity index is 2.09. The van der Waals surface area contributed by atoms with Crippen LogP contribution in [0.2, 0.25) is 0 Å². The maximum Gasteiger partial charge on any atom is 0.118 e. The molecule has 1 aliphatic carbocycles. The molecular formula is C10H15NO. The van der Waals surface area contributed by atoms with Crippen molar-refractivity contribution in [2.75, 3.05) is 6.61 Å². The molecular weight excluding hydrogens is 150 g/mol. The fourth-order valence-corrected chi connectivity index (χ4v) is 1.46. The highest BCUT2D eigenvalue weighted by atomic mass is 16.5. The van der Waals surface area contributed by atoms with Gasteiger partial charge in [-0.25, -0.2) is 0 Å². The number of ether oxygens (including phenoxy) is 1. The second-order valence-electron chi connectivity index (χ2n) is 3.60. The Hall–Kier alpha value is -0.760. The van der Waals surface area contributed by atoms with E-state index in [0.29, 0.717) is 6.61 Å². The van der Waals surface area contributed by atoms with Crippen LogP contribution in [0.25, 0.3) is 0 Å². The van der Waals surface area contributed by atoms with Gasteiger partial charge in [-0.2, -0.15) is 0 Å². The maximum absolute atomic E-state index is 5.70. The Labute approximate surface area is 73.1 Å². The summed E-state index contributed by atoms with van der Waals surface area (Å²) in [6.07, 6.45) is 5.60. The quantitative estimate of drug-likeness (QED) is 0.642. The Kier molecular flexibility index (Phi) is 1.93. The summed E-state index contributed by atoms with van der Waals surface area (Å²) < 4.78 is 5.53. The first kappa shape index (κ1) is 7.87. The van der Waals surface area contributed by atoms with E-state index in [4.69, 9.17) is 10.5 Å². The molecule has 0 bridgehead atoms. The summed E-state index contributed by atoms with van der Waals surface area (Å²) in [7, 11) is 0. The van der Waals surface area contributed by atoms with Gasteiger partial charge in [0, 0.05) is 6.04 Å². The first-order valence-corrected chi connectivity index (χ1v) is 4.55. The second-order valence-corrected chi connectivity index (χ2v) is 3.60. The molecule has 1 fully saturated rings. The predicted octanol–water partition coefficient (Wildman–Crippen LogP) is 1.73. The molecule has 2 N–H and O–H groups in total. The van der Waals surface area contributed by atoms with Crippen molar-refractivity contribution in [3.05, 3.63) is 23.0 Å². The SMILES string of the molecule is CC(C1=CCC(N)CO1)=C1CC1. The van der Waals surface area contributed by atoms with Crippen LogP contribution in [-0.4, -0.2) is 12.6 Å². The highest BCUT2D eigenvalue weighted by Crippen LogP contribution is 2.35. The third-order valence-corrected chi connectivity index (χ3v) is 2.46. The average molecular weight is 165 g/mol. The van der Waals surface area contributed by atoms with Gasteiger partial charge in [0.05, 0.1) is 0 Å². The maximum atomic E-state index is 5.70. The monoisotopic (exact) mass is 165 g/mol. The normalized spacial score (nSPS) is 27.7. The first-order valence-electron chi connectivity index (χ1n) is 4.55. The fraction of sp³-hybridized carbons (Fsp3) is 0.600. The lowest BCUT2D eigenvalue weighted by Gasteiger charge is -2.20. The molecule has 1 heterocycles. The molecule has 0 aromatic carbocycles. The molecule has 0 radical (unpaired) electrons. The number of allylic oxidation sites excluding steroid dienone is 2. The van der Waals surface area contributed by atoms with Crippen molar-refractivity contribution in [2.24, 2.45) is 5.73 Å². The van der Waals surface area contributed by atoms with Gasteiger partial charge in [-0.3, -0.25) is 0 Å². The molecule has 12 heavy (non-hydrogen) atoms. The van der Waals surface area contributed by atoms with Gasteiger partial charge < -0.3 is 10.5 Å². The van der Waals surface area contributed by atoms with Crippen molar-refractivity contribution in [3.8, 4) is 0 Å². The molecule has 0 spiro atoms. The van der Waals surface area contributed by atoms with Crippen LogP contribution in [0.1, 0.15) is 26.2 Å². The Morgan fingerprint density at radius 1 is 1.58 bits per heavy atom. The summed E-state index contributed by atoms with van der Waals surface area (Å²) in [6, 6.07) is 0.200. The van der Waals surface area contributed by atoms with Gasteiger partial charge in [-0.05, 0) is 37.8 Å². The van der Waals surface area contributed by atoms with Gasteiger partial charge in [0.1, 0.15) is 12.4 Å². The van der Waals surface area contributed by atoms with E-state index >= 15 is 0 Å². The molecule has 2 heteroatoms. The predicted molar refractivity (Wildman–Crippen MR) is 48.6 cm³/mol. The van der Waals surface area contributed by atoms with Crippen molar-refractivity contribution in [1.29, 1.82) is 0 Å². The van der Waals surface area contributed by atoms with Crippen LogP contribution in [0.4, 0.5) is 0 Å². The summed E-state index contributed by atoms with van der Waals surface area (Å²) >= 11 is 0. The average Bonchev–Trinajstić information content (AvgIpc) is 2.87.